The average Bonchev–Trinajstić information content (AvgIpc) is 2.96. The van der Waals surface area contributed by atoms with E-state index in [2.05, 4.69) is 5.32 Å². The first-order valence-corrected chi connectivity index (χ1v) is 13.4. The molecule has 3 aromatic rings. The maximum Gasteiger partial charge on any atom is 0.259 e. The SMILES string of the molecule is COc1cc(/C=C2/C(=O)N(c3ccc(C)cc3)C(C(=O)NC3CCCCC3)c3ccccc32)cc(OC)c1O. The summed E-state index contributed by atoms with van der Waals surface area (Å²) in [6.45, 7) is 1.99. The van der Waals surface area contributed by atoms with Crippen molar-refractivity contribution in [1.82, 2.24) is 5.32 Å². The largest absolute Gasteiger partial charge is 0.502 e. The minimum absolute atomic E-state index is 0.113. The van der Waals surface area contributed by atoms with Crippen LogP contribution >= 0.6 is 0 Å². The molecule has 3 aromatic carbocycles. The zero-order chi connectivity index (χ0) is 27.5. The first-order chi connectivity index (χ1) is 18.9. The maximum atomic E-state index is 14.3. The summed E-state index contributed by atoms with van der Waals surface area (Å²) in [5.74, 6) is -0.100. The smallest absolute Gasteiger partial charge is 0.259 e. The Bertz CT molecular complexity index is 1380. The Morgan fingerprint density at radius 1 is 0.974 bits per heavy atom. The van der Waals surface area contributed by atoms with Gasteiger partial charge in [0.15, 0.2) is 11.5 Å². The molecule has 1 atom stereocenters. The first kappa shape index (κ1) is 26.4. The number of carbonyl (C=O) groups is 2. The van der Waals surface area contributed by atoms with Crippen LogP contribution in [0.1, 0.15) is 60.4 Å². The molecule has 0 spiro atoms. The van der Waals surface area contributed by atoms with E-state index in [9.17, 15) is 14.7 Å². The van der Waals surface area contributed by atoms with Crippen LogP contribution in [0.15, 0.2) is 60.7 Å². The highest BCUT2D eigenvalue weighted by atomic mass is 16.5. The van der Waals surface area contributed by atoms with E-state index in [0.717, 1.165) is 36.8 Å². The number of aryl methyl sites for hydroxylation is 1. The van der Waals surface area contributed by atoms with Crippen molar-refractivity contribution in [3.05, 3.63) is 82.9 Å². The van der Waals surface area contributed by atoms with Gasteiger partial charge in [-0.25, -0.2) is 0 Å². The molecule has 7 nitrogen and oxygen atoms in total. The number of phenols is 1. The number of ether oxygens (including phenoxy) is 2. The van der Waals surface area contributed by atoms with Crippen LogP contribution in [-0.2, 0) is 9.59 Å². The summed E-state index contributed by atoms with van der Waals surface area (Å²) in [4.78, 5) is 29.8. The van der Waals surface area contributed by atoms with Crippen LogP contribution in [0, 0.1) is 6.92 Å². The van der Waals surface area contributed by atoms with Gasteiger partial charge in [0.1, 0.15) is 6.04 Å². The Hall–Kier alpha value is -4.26. The number of nitrogens with one attached hydrogen (secondary N) is 1. The molecular formula is C32H34N2O5. The maximum absolute atomic E-state index is 14.3. The van der Waals surface area contributed by atoms with Gasteiger partial charge < -0.3 is 19.9 Å². The van der Waals surface area contributed by atoms with Crippen molar-refractivity contribution in [2.45, 2.75) is 51.1 Å². The summed E-state index contributed by atoms with van der Waals surface area (Å²) < 4.78 is 10.7. The molecule has 5 rings (SSSR count). The predicted molar refractivity (Wildman–Crippen MR) is 152 cm³/mol. The summed E-state index contributed by atoms with van der Waals surface area (Å²) in [7, 11) is 2.92. The highest BCUT2D eigenvalue weighted by molar-refractivity contribution is 6.33. The minimum atomic E-state index is -0.806. The summed E-state index contributed by atoms with van der Waals surface area (Å²) in [5.41, 5.74) is 4.22. The molecule has 0 aromatic heterocycles. The molecule has 2 N–H and O–H groups in total. The Balaban J connectivity index is 1.65. The van der Waals surface area contributed by atoms with Crippen LogP contribution in [0.5, 0.6) is 17.2 Å². The second kappa shape index (κ2) is 11.2. The molecule has 39 heavy (non-hydrogen) atoms. The van der Waals surface area contributed by atoms with Gasteiger partial charge >= 0.3 is 0 Å². The van der Waals surface area contributed by atoms with Gasteiger partial charge in [0.25, 0.3) is 5.91 Å². The highest BCUT2D eigenvalue weighted by Gasteiger charge is 2.41. The molecule has 0 radical (unpaired) electrons. The molecule has 1 aliphatic heterocycles. The third kappa shape index (κ3) is 5.21. The number of methoxy groups -OCH3 is 2. The number of carbonyl (C=O) groups excluding carboxylic acids is 2. The minimum Gasteiger partial charge on any atom is -0.502 e. The van der Waals surface area contributed by atoms with Crippen molar-refractivity contribution in [1.29, 1.82) is 0 Å². The monoisotopic (exact) mass is 526 g/mol. The summed E-state index contributed by atoms with van der Waals surface area (Å²) in [5, 5.41) is 13.6. The number of nitrogens with zero attached hydrogens (tertiary/aromatic N) is 1. The lowest BCUT2D eigenvalue weighted by Crippen LogP contribution is -2.49. The molecule has 2 amide bonds. The van der Waals surface area contributed by atoms with E-state index in [1.54, 1.807) is 23.1 Å². The number of aromatic hydroxyl groups is 1. The van der Waals surface area contributed by atoms with Crippen molar-refractivity contribution in [3.8, 4) is 17.2 Å². The molecule has 2 aliphatic rings. The van der Waals surface area contributed by atoms with E-state index in [-0.39, 0.29) is 35.1 Å². The summed E-state index contributed by atoms with van der Waals surface area (Å²) >= 11 is 0. The number of amides is 2. The predicted octanol–water partition coefficient (Wildman–Crippen LogP) is 5.80. The Kier molecular flexibility index (Phi) is 7.59. The summed E-state index contributed by atoms with van der Waals surface area (Å²) in [6.07, 6.45) is 7.04. The van der Waals surface area contributed by atoms with Gasteiger partial charge in [0.2, 0.25) is 11.7 Å². The van der Waals surface area contributed by atoms with E-state index in [0.29, 0.717) is 22.4 Å². The van der Waals surface area contributed by atoms with E-state index in [4.69, 9.17) is 9.47 Å². The first-order valence-electron chi connectivity index (χ1n) is 13.4. The molecule has 1 fully saturated rings. The molecule has 1 unspecified atom stereocenters. The normalized spacial score (nSPS) is 18.5. The van der Waals surface area contributed by atoms with E-state index in [1.807, 2.05) is 55.5 Å². The lowest BCUT2D eigenvalue weighted by molar-refractivity contribution is -0.126. The lowest BCUT2D eigenvalue weighted by Gasteiger charge is -2.38. The second-order valence-corrected chi connectivity index (χ2v) is 10.2. The van der Waals surface area contributed by atoms with Crippen molar-refractivity contribution < 1.29 is 24.2 Å². The number of benzene rings is 3. The van der Waals surface area contributed by atoms with Gasteiger partial charge in [0, 0.05) is 17.3 Å². The van der Waals surface area contributed by atoms with Gasteiger partial charge in [-0.3, -0.25) is 14.5 Å². The number of hydrogen-bond acceptors (Lipinski definition) is 5. The van der Waals surface area contributed by atoms with Crippen LogP contribution in [0.25, 0.3) is 11.6 Å². The van der Waals surface area contributed by atoms with E-state index < -0.39 is 6.04 Å². The third-order valence-corrected chi connectivity index (χ3v) is 7.58. The fraction of sp³-hybridized carbons (Fsp3) is 0.312. The van der Waals surface area contributed by atoms with Crippen LogP contribution in [-0.4, -0.2) is 37.2 Å². The Morgan fingerprint density at radius 2 is 1.62 bits per heavy atom. The zero-order valence-corrected chi connectivity index (χ0v) is 22.6. The van der Waals surface area contributed by atoms with Gasteiger partial charge in [0.05, 0.1) is 14.2 Å². The van der Waals surface area contributed by atoms with Gasteiger partial charge in [-0.05, 0) is 66.8 Å². The molecule has 202 valence electrons. The average molecular weight is 527 g/mol. The number of phenolic OH excluding ortho intramolecular Hbond substituents is 1. The standard InChI is InChI=1S/C32H34N2O5/c1-20-13-15-23(16-14-20)34-29(31(36)33-22-9-5-4-6-10-22)25-12-8-7-11-24(25)26(32(34)37)17-21-18-27(38-2)30(35)28(19-21)39-3/h7-8,11-19,22,29,35H,4-6,9-10H2,1-3H3,(H,33,36)/b26-17+. The number of hydrogen-bond donors (Lipinski definition) is 2. The van der Waals surface area contributed by atoms with E-state index in [1.165, 1.54) is 20.6 Å². The number of fused-ring (bicyclic) bond motifs is 1. The second-order valence-electron chi connectivity index (χ2n) is 10.2. The van der Waals surface area contributed by atoms with Crippen LogP contribution < -0.4 is 19.7 Å². The molecule has 7 heteroatoms. The van der Waals surface area contributed by atoms with Gasteiger partial charge in [-0.2, -0.15) is 0 Å². The third-order valence-electron chi connectivity index (χ3n) is 7.58. The quantitative estimate of drug-likeness (QED) is 0.397. The summed E-state index contributed by atoms with van der Waals surface area (Å²) in [6, 6.07) is 17.8. The van der Waals surface area contributed by atoms with Crippen molar-refractivity contribution in [3.63, 3.8) is 0 Å². The van der Waals surface area contributed by atoms with Gasteiger partial charge in [-0.15, -0.1) is 0 Å². The van der Waals surface area contributed by atoms with Gasteiger partial charge in [-0.1, -0.05) is 61.2 Å². The molecule has 1 aliphatic carbocycles. The van der Waals surface area contributed by atoms with Crippen LogP contribution in [0.4, 0.5) is 5.69 Å². The Labute approximate surface area is 229 Å². The van der Waals surface area contributed by atoms with Crippen molar-refractivity contribution in [2.24, 2.45) is 0 Å². The van der Waals surface area contributed by atoms with Crippen molar-refractivity contribution in [2.75, 3.05) is 19.1 Å². The fourth-order valence-electron chi connectivity index (χ4n) is 5.54. The highest BCUT2D eigenvalue weighted by Crippen LogP contribution is 2.42. The zero-order valence-electron chi connectivity index (χ0n) is 22.6. The lowest BCUT2D eigenvalue weighted by atomic mass is 9.86. The van der Waals surface area contributed by atoms with Crippen molar-refractivity contribution >= 4 is 29.2 Å². The Morgan fingerprint density at radius 3 is 2.26 bits per heavy atom. The van der Waals surface area contributed by atoms with Crippen LogP contribution in [0.2, 0.25) is 0 Å². The molecule has 0 saturated heterocycles. The molecular weight excluding hydrogens is 492 g/mol. The van der Waals surface area contributed by atoms with E-state index >= 15 is 0 Å². The fourth-order valence-corrected chi connectivity index (χ4v) is 5.54. The molecule has 0 bridgehead atoms. The molecule has 1 saturated carbocycles. The number of rotatable bonds is 6. The number of anilines is 1. The topological polar surface area (TPSA) is 88.1 Å². The van der Waals surface area contributed by atoms with Crippen LogP contribution in [0.3, 0.4) is 0 Å². The molecule has 1 heterocycles.